The topological polar surface area (TPSA) is 35.5 Å². The Bertz CT molecular complexity index is 1070. The number of ether oxygens (including phenoxy) is 2. The molecule has 1 rings (SSSR count). The number of carbonyl (C=O) groups is 1. The summed E-state index contributed by atoms with van der Waals surface area (Å²) in [7, 11) is 1.68. The number of benzene rings is 1. The summed E-state index contributed by atoms with van der Waals surface area (Å²) in [5.74, 6) is 1.56. The van der Waals surface area contributed by atoms with Gasteiger partial charge in [0.2, 0.25) is 0 Å². The molecule has 0 bridgehead atoms. The third-order valence-electron chi connectivity index (χ3n) is 5.43. The molecule has 0 radical (unpaired) electrons. The highest BCUT2D eigenvalue weighted by atomic mass is 16.5. The number of hydrogen-bond donors (Lipinski definition) is 0. The Morgan fingerprint density at radius 3 is 1.84 bits per heavy atom. The van der Waals surface area contributed by atoms with Gasteiger partial charge in [0, 0.05) is 0 Å². The summed E-state index contributed by atoms with van der Waals surface area (Å²) >= 11 is 0. The van der Waals surface area contributed by atoms with E-state index in [1.165, 1.54) is 25.3 Å². The van der Waals surface area contributed by atoms with E-state index < -0.39 is 0 Å². The lowest BCUT2D eigenvalue weighted by atomic mass is 10.1. The molecule has 0 saturated carbocycles. The van der Waals surface area contributed by atoms with Gasteiger partial charge in [-0.1, -0.05) is 121 Å². The van der Waals surface area contributed by atoms with E-state index in [1.807, 2.05) is 43.4 Å². The molecule has 37 heavy (non-hydrogen) atoms. The number of hydrogen-bond acceptors (Lipinski definition) is 3. The first-order valence-corrected chi connectivity index (χ1v) is 13.1. The second kappa shape index (κ2) is 19.6. The third-order valence-corrected chi connectivity index (χ3v) is 5.43. The van der Waals surface area contributed by atoms with Gasteiger partial charge in [-0.3, -0.25) is 4.79 Å². The van der Waals surface area contributed by atoms with Crippen LogP contribution in [0.15, 0.2) is 107 Å². The molecule has 0 heterocycles. The Labute approximate surface area is 225 Å². The molecule has 0 aliphatic heterocycles. The number of allylic oxidation sites excluding steroid dienone is 15. The summed E-state index contributed by atoms with van der Waals surface area (Å²) in [5, 5.41) is 0. The van der Waals surface area contributed by atoms with Crippen LogP contribution in [-0.2, 0) is 4.79 Å². The maximum atomic E-state index is 10.3. The van der Waals surface area contributed by atoms with Gasteiger partial charge in [0.1, 0.15) is 6.29 Å². The quantitative estimate of drug-likeness (QED) is 0.0981. The fraction of sp³-hybridized carbons (Fsp3) is 0.324. The SMILES string of the molecule is CCCCCCOc1ccc(/C=C(C)/C=C/C=C(C)/C=C/C=C(C)/C=C/C=C(C)/C=C/C=O)cc1OC. The summed E-state index contributed by atoms with van der Waals surface area (Å²) < 4.78 is 11.5. The zero-order valence-electron chi connectivity index (χ0n) is 23.5. The fourth-order valence-corrected chi connectivity index (χ4v) is 3.33. The maximum Gasteiger partial charge on any atom is 0.161 e. The van der Waals surface area contributed by atoms with E-state index in [-0.39, 0.29) is 0 Å². The van der Waals surface area contributed by atoms with Crippen molar-refractivity contribution in [1.29, 1.82) is 0 Å². The number of methoxy groups -OCH3 is 1. The van der Waals surface area contributed by atoms with Gasteiger partial charge in [0.25, 0.3) is 0 Å². The standard InChI is InChI=1S/C34H44O3/c1-7-8-9-10-25-37-33-23-22-32(27-34(33)36-6)26-31(5)20-13-19-29(3)16-11-15-28(2)17-12-18-30(4)21-14-24-35/h11-24,26-27H,7-10,25H2,1-6H3/b16-11+,17-12+,20-13+,21-14+,28-15+,29-19+,30-18+,31-26+. The zero-order chi connectivity index (χ0) is 27.3. The molecule has 0 aliphatic carbocycles. The third kappa shape index (κ3) is 15.2. The lowest BCUT2D eigenvalue weighted by molar-refractivity contribution is -0.104. The normalized spacial score (nSPS) is 14.0. The van der Waals surface area contributed by atoms with E-state index in [1.54, 1.807) is 13.2 Å². The van der Waals surface area contributed by atoms with Gasteiger partial charge in [-0.2, -0.15) is 0 Å². The van der Waals surface area contributed by atoms with Gasteiger partial charge in [-0.25, -0.2) is 0 Å². The van der Waals surface area contributed by atoms with E-state index in [4.69, 9.17) is 9.47 Å². The second-order valence-electron chi connectivity index (χ2n) is 9.01. The van der Waals surface area contributed by atoms with E-state index >= 15 is 0 Å². The minimum absolute atomic E-state index is 0.720. The van der Waals surface area contributed by atoms with E-state index in [0.29, 0.717) is 0 Å². The van der Waals surface area contributed by atoms with Crippen molar-refractivity contribution in [3.63, 3.8) is 0 Å². The van der Waals surface area contributed by atoms with Crippen LogP contribution in [0, 0.1) is 0 Å². The molecule has 0 N–H and O–H groups in total. The first-order valence-electron chi connectivity index (χ1n) is 13.1. The molecular weight excluding hydrogens is 456 g/mol. The van der Waals surface area contributed by atoms with Crippen LogP contribution in [0.25, 0.3) is 6.08 Å². The van der Waals surface area contributed by atoms with Crippen molar-refractivity contribution >= 4 is 12.4 Å². The molecule has 0 aliphatic rings. The van der Waals surface area contributed by atoms with Crippen LogP contribution in [0.3, 0.4) is 0 Å². The van der Waals surface area contributed by atoms with Crippen LogP contribution in [0.1, 0.15) is 65.9 Å². The minimum atomic E-state index is 0.720. The van der Waals surface area contributed by atoms with Crippen molar-refractivity contribution < 1.29 is 14.3 Å². The van der Waals surface area contributed by atoms with Gasteiger partial charge in [-0.05, 0) is 57.9 Å². The number of unbranched alkanes of at least 4 members (excludes halogenated alkanes) is 3. The molecule has 0 amide bonds. The molecular formula is C34H44O3. The van der Waals surface area contributed by atoms with Crippen molar-refractivity contribution in [3.8, 4) is 11.5 Å². The first kappa shape index (κ1) is 31.4. The molecule has 0 aromatic heterocycles. The highest BCUT2D eigenvalue weighted by molar-refractivity contribution is 5.65. The highest BCUT2D eigenvalue weighted by Crippen LogP contribution is 2.29. The monoisotopic (exact) mass is 500 g/mol. The molecule has 0 unspecified atom stereocenters. The Balaban J connectivity index is 2.68. The van der Waals surface area contributed by atoms with Crippen LogP contribution in [-0.4, -0.2) is 20.0 Å². The van der Waals surface area contributed by atoms with Crippen molar-refractivity contribution in [1.82, 2.24) is 0 Å². The average Bonchev–Trinajstić information content (AvgIpc) is 2.87. The van der Waals surface area contributed by atoms with Crippen LogP contribution >= 0.6 is 0 Å². The van der Waals surface area contributed by atoms with Crippen LogP contribution < -0.4 is 9.47 Å². The first-order chi connectivity index (χ1) is 17.9. The predicted molar refractivity (Wildman–Crippen MR) is 160 cm³/mol. The molecule has 198 valence electrons. The molecule has 1 aromatic carbocycles. The number of carbonyl (C=O) groups excluding carboxylic acids is 1. The van der Waals surface area contributed by atoms with E-state index in [0.717, 1.165) is 58.7 Å². The molecule has 0 spiro atoms. The lowest BCUT2D eigenvalue weighted by Crippen LogP contribution is -1.99. The van der Waals surface area contributed by atoms with Gasteiger partial charge in [0.05, 0.1) is 13.7 Å². The van der Waals surface area contributed by atoms with Crippen molar-refractivity contribution in [2.45, 2.75) is 60.3 Å². The van der Waals surface area contributed by atoms with Crippen molar-refractivity contribution in [2.75, 3.05) is 13.7 Å². The molecule has 0 atom stereocenters. The Kier molecular flexibility index (Phi) is 16.6. The predicted octanol–water partition coefficient (Wildman–Crippen LogP) is 9.32. The number of aldehydes is 1. The van der Waals surface area contributed by atoms with Gasteiger partial charge < -0.3 is 9.47 Å². The van der Waals surface area contributed by atoms with Crippen LogP contribution in [0.2, 0.25) is 0 Å². The smallest absolute Gasteiger partial charge is 0.161 e. The molecule has 0 fully saturated rings. The highest BCUT2D eigenvalue weighted by Gasteiger charge is 2.05. The summed E-state index contributed by atoms with van der Waals surface area (Å²) in [5.41, 5.74) is 5.56. The van der Waals surface area contributed by atoms with E-state index in [2.05, 4.69) is 70.2 Å². The molecule has 3 heteroatoms. The second-order valence-corrected chi connectivity index (χ2v) is 9.01. The lowest BCUT2D eigenvalue weighted by Gasteiger charge is -2.11. The fourth-order valence-electron chi connectivity index (χ4n) is 3.33. The molecule has 3 nitrogen and oxygen atoms in total. The Morgan fingerprint density at radius 2 is 1.30 bits per heavy atom. The van der Waals surface area contributed by atoms with Crippen molar-refractivity contribution in [2.24, 2.45) is 0 Å². The largest absolute Gasteiger partial charge is 0.493 e. The van der Waals surface area contributed by atoms with Crippen LogP contribution in [0.5, 0.6) is 11.5 Å². The maximum absolute atomic E-state index is 10.3. The van der Waals surface area contributed by atoms with Gasteiger partial charge in [-0.15, -0.1) is 0 Å². The Morgan fingerprint density at radius 1 is 0.730 bits per heavy atom. The molecule has 1 aromatic rings. The Hall–Kier alpha value is -3.59. The molecule has 0 saturated heterocycles. The van der Waals surface area contributed by atoms with Crippen molar-refractivity contribution in [3.05, 3.63) is 113 Å². The van der Waals surface area contributed by atoms with Crippen LogP contribution in [0.4, 0.5) is 0 Å². The number of rotatable bonds is 16. The summed E-state index contributed by atoms with van der Waals surface area (Å²) in [6, 6.07) is 6.07. The summed E-state index contributed by atoms with van der Waals surface area (Å²) in [6.45, 7) is 11.1. The van der Waals surface area contributed by atoms with Gasteiger partial charge in [0.15, 0.2) is 11.5 Å². The average molecular weight is 501 g/mol. The summed E-state index contributed by atoms with van der Waals surface area (Å²) in [6.07, 6.45) is 29.4. The zero-order valence-corrected chi connectivity index (χ0v) is 23.5. The minimum Gasteiger partial charge on any atom is -0.493 e. The summed E-state index contributed by atoms with van der Waals surface area (Å²) in [4.78, 5) is 10.3. The van der Waals surface area contributed by atoms with Gasteiger partial charge >= 0.3 is 0 Å². The van der Waals surface area contributed by atoms with E-state index in [9.17, 15) is 4.79 Å².